The summed E-state index contributed by atoms with van der Waals surface area (Å²) >= 11 is 0. The Bertz CT molecular complexity index is 563. The van der Waals surface area contributed by atoms with Gasteiger partial charge in [-0.2, -0.15) is 0 Å². The summed E-state index contributed by atoms with van der Waals surface area (Å²) in [5.74, 6) is 2.10. The molecule has 0 bridgehead atoms. The molecular weight excluding hydrogens is 310 g/mol. The third kappa shape index (κ3) is 11.2. The number of hydrogen-bond acceptors (Lipinski definition) is 2. The van der Waals surface area contributed by atoms with Gasteiger partial charge in [0.2, 0.25) is 0 Å². The highest BCUT2D eigenvalue weighted by Crippen LogP contribution is 2.14. The molecule has 0 unspecified atom stereocenters. The number of hydrogen-bond donors (Lipinski definition) is 1. The summed E-state index contributed by atoms with van der Waals surface area (Å²) in [6, 6.07) is 7.76. The lowest BCUT2D eigenvalue weighted by Crippen LogP contribution is -2.25. The number of allylic oxidation sites excluding steroid dienone is 3. The van der Waals surface area contributed by atoms with Crippen LogP contribution < -0.4 is 5.32 Å². The van der Waals surface area contributed by atoms with Crippen molar-refractivity contribution in [1.82, 2.24) is 5.32 Å². The molecule has 0 aliphatic rings. The van der Waals surface area contributed by atoms with E-state index in [9.17, 15) is 4.79 Å². The van der Waals surface area contributed by atoms with Crippen LogP contribution in [0.25, 0.3) is 0 Å². The maximum Gasteiger partial charge on any atom is 0.251 e. The molecule has 1 aromatic carbocycles. The van der Waals surface area contributed by atoms with Gasteiger partial charge in [0.15, 0.2) is 0 Å². The molecular formula is C22H35NO2. The fourth-order valence-corrected chi connectivity index (χ4v) is 1.73. The molecule has 0 atom stereocenters. The minimum Gasteiger partial charge on any atom is -0.501 e. The van der Waals surface area contributed by atoms with E-state index in [1.165, 1.54) is 5.56 Å². The summed E-state index contributed by atoms with van der Waals surface area (Å²) in [7, 11) is 1.64. The number of nitrogens with one attached hydrogen (secondary N) is 1. The van der Waals surface area contributed by atoms with E-state index in [1.54, 1.807) is 7.11 Å². The fourth-order valence-electron chi connectivity index (χ4n) is 1.73. The standard InChI is InChI=1S/C18H25NO2.C4H10/c1-13(2)16-8-10-17(11-9-16)18(20)19-12-14(3)6-7-15(4)21-5;1-4(2)3/h6-11,13H,12H2,1-5H3,(H,19,20);4H,1-3H3/b14-6+,15-7+;. The average molecular weight is 346 g/mol. The SMILES string of the molecule is CC(C)C.CO/C(C)=C/C=C(\C)CNC(=O)c1ccc(C(C)C)cc1. The van der Waals surface area contributed by atoms with Crippen molar-refractivity contribution >= 4 is 5.91 Å². The molecule has 0 fully saturated rings. The van der Waals surface area contributed by atoms with Gasteiger partial charge in [0.1, 0.15) is 0 Å². The van der Waals surface area contributed by atoms with E-state index < -0.39 is 0 Å². The Morgan fingerprint density at radius 1 is 1.04 bits per heavy atom. The summed E-state index contributed by atoms with van der Waals surface area (Å²) in [5.41, 5.74) is 3.00. The molecule has 25 heavy (non-hydrogen) atoms. The molecule has 0 heterocycles. The van der Waals surface area contributed by atoms with E-state index >= 15 is 0 Å². The molecule has 1 amide bonds. The van der Waals surface area contributed by atoms with Crippen molar-refractivity contribution in [3.63, 3.8) is 0 Å². The van der Waals surface area contributed by atoms with Gasteiger partial charge in [0.05, 0.1) is 12.9 Å². The van der Waals surface area contributed by atoms with Crippen molar-refractivity contribution in [3.8, 4) is 0 Å². The third-order valence-electron chi connectivity index (χ3n) is 3.29. The Hall–Kier alpha value is -2.03. The smallest absolute Gasteiger partial charge is 0.251 e. The molecule has 0 saturated carbocycles. The first kappa shape index (κ1) is 23.0. The second-order valence-electron chi connectivity index (χ2n) is 7.19. The van der Waals surface area contributed by atoms with Gasteiger partial charge in [-0.3, -0.25) is 4.79 Å². The van der Waals surface area contributed by atoms with Gasteiger partial charge in [-0.1, -0.05) is 58.4 Å². The lowest BCUT2D eigenvalue weighted by molar-refractivity contribution is 0.0957. The Morgan fingerprint density at radius 2 is 1.56 bits per heavy atom. The van der Waals surface area contributed by atoms with Crippen LogP contribution in [0.15, 0.2) is 47.7 Å². The summed E-state index contributed by atoms with van der Waals surface area (Å²) in [6.07, 6.45) is 3.83. The van der Waals surface area contributed by atoms with E-state index in [1.807, 2.05) is 50.3 Å². The van der Waals surface area contributed by atoms with E-state index in [2.05, 4.69) is 39.9 Å². The predicted octanol–water partition coefficient (Wildman–Crippen LogP) is 5.70. The van der Waals surface area contributed by atoms with E-state index in [4.69, 9.17) is 4.74 Å². The van der Waals surface area contributed by atoms with Crippen LogP contribution in [0.3, 0.4) is 0 Å². The second kappa shape index (κ2) is 12.3. The number of methoxy groups -OCH3 is 1. The summed E-state index contributed by atoms with van der Waals surface area (Å²) in [4.78, 5) is 12.0. The monoisotopic (exact) mass is 345 g/mol. The molecule has 0 spiro atoms. The fraction of sp³-hybridized carbons (Fsp3) is 0.500. The number of rotatable bonds is 6. The van der Waals surface area contributed by atoms with Gasteiger partial charge in [0, 0.05) is 12.1 Å². The average Bonchev–Trinajstić information content (AvgIpc) is 2.56. The summed E-state index contributed by atoms with van der Waals surface area (Å²) in [6.45, 7) is 15.2. The van der Waals surface area contributed by atoms with Gasteiger partial charge in [-0.15, -0.1) is 0 Å². The largest absolute Gasteiger partial charge is 0.501 e. The molecule has 0 aromatic heterocycles. The third-order valence-corrected chi connectivity index (χ3v) is 3.29. The second-order valence-corrected chi connectivity index (χ2v) is 7.19. The highest BCUT2D eigenvalue weighted by molar-refractivity contribution is 5.94. The highest BCUT2D eigenvalue weighted by Gasteiger charge is 2.06. The molecule has 3 nitrogen and oxygen atoms in total. The molecule has 1 N–H and O–H groups in total. The molecule has 3 heteroatoms. The van der Waals surface area contributed by atoms with Crippen LogP contribution in [-0.4, -0.2) is 19.6 Å². The van der Waals surface area contributed by atoms with Gasteiger partial charge < -0.3 is 10.1 Å². The van der Waals surface area contributed by atoms with Gasteiger partial charge in [0.25, 0.3) is 5.91 Å². The van der Waals surface area contributed by atoms with E-state index in [0.717, 1.165) is 17.3 Å². The van der Waals surface area contributed by atoms with Crippen molar-refractivity contribution in [2.45, 2.75) is 54.4 Å². The van der Waals surface area contributed by atoms with Gasteiger partial charge >= 0.3 is 0 Å². The maximum atomic E-state index is 12.0. The highest BCUT2D eigenvalue weighted by atomic mass is 16.5. The van der Waals surface area contributed by atoms with Crippen LogP contribution in [0.5, 0.6) is 0 Å². The minimum atomic E-state index is -0.0505. The van der Waals surface area contributed by atoms with Crippen LogP contribution in [0.1, 0.15) is 70.3 Å². The number of amides is 1. The molecule has 0 aliphatic heterocycles. The first-order chi connectivity index (χ1) is 11.7. The Balaban J connectivity index is 0.00000129. The number of carbonyl (C=O) groups excluding carboxylic acids is 1. The Labute approximate surface area is 154 Å². The van der Waals surface area contributed by atoms with E-state index in [-0.39, 0.29) is 5.91 Å². The lowest BCUT2D eigenvalue weighted by atomic mass is 10.0. The molecule has 0 saturated heterocycles. The Morgan fingerprint density at radius 3 is 2.00 bits per heavy atom. The summed E-state index contributed by atoms with van der Waals surface area (Å²) in [5, 5.41) is 2.91. The normalized spacial score (nSPS) is 11.9. The van der Waals surface area contributed by atoms with Crippen LogP contribution >= 0.6 is 0 Å². The zero-order chi connectivity index (χ0) is 19.4. The quantitative estimate of drug-likeness (QED) is 0.530. The first-order valence-electron chi connectivity index (χ1n) is 8.93. The van der Waals surface area contributed by atoms with Crippen molar-refractivity contribution in [2.75, 3.05) is 13.7 Å². The molecule has 0 aliphatic carbocycles. The van der Waals surface area contributed by atoms with Crippen LogP contribution in [0.2, 0.25) is 0 Å². The Kier molecular flexibility index (Phi) is 11.3. The van der Waals surface area contributed by atoms with Crippen LogP contribution in [0, 0.1) is 5.92 Å². The van der Waals surface area contributed by atoms with Gasteiger partial charge in [-0.05, 0) is 49.5 Å². The summed E-state index contributed by atoms with van der Waals surface area (Å²) < 4.78 is 5.06. The van der Waals surface area contributed by atoms with Gasteiger partial charge in [-0.25, -0.2) is 0 Å². The first-order valence-corrected chi connectivity index (χ1v) is 8.93. The number of carbonyl (C=O) groups is 1. The molecule has 1 rings (SSSR count). The van der Waals surface area contributed by atoms with Crippen molar-refractivity contribution in [3.05, 3.63) is 58.9 Å². The lowest BCUT2D eigenvalue weighted by Gasteiger charge is -2.08. The van der Waals surface area contributed by atoms with E-state index in [0.29, 0.717) is 18.0 Å². The zero-order valence-electron chi connectivity index (χ0n) is 17.1. The van der Waals surface area contributed by atoms with Crippen LogP contribution in [-0.2, 0) is 4.74 Å². The maximum absolute atomic E-state index is 12.0. The minimum absolute atomic E-state index is 0.0505. The predicted molar refractivity (Wildman–Crippen MR) is 108 cm³/mol. The van der Waals surface area contributed by atoms with Crippen molar-refractivity contribution in [2.24, 2.45) is 5.92 Å². The van der Waals surface area contributed by atoms with Crippen LogP contribution in [0.4, 0.5) is 0 Å². The molecule has 140 valence electrons. The van der Waals surface area contributed by atoms with Crippen molar-refractivity contribution < 1.29 is 9.53 Å². The zero-order valence-corrected chi connectivity index (χ0v) is 17.1. The topological polar surface area (TPSA) is 38.3 Å². The molecule has 1 aromatic rings. The number of benzene rings is 1. The number of ether oxygens (including phenoxy) is 1. The van der Waals surface area contributed by atoms with Crippen molar-refractivity contribution in [1.29, 1.82) is 0 Å². The molecule has 0 radical (unpaired) electrons.